The van der Waals surface area contributed by atoms with Crippen LogP contribution in [0.5, 0.6) is 0 Å². The van der Waals surface area contributed by atoms with Gasteiger partial charge in [-0.1, -0.05) is 23.4 Å². The number of aryl methyl sites for hydroxylation is 2. The number of furan rings is 1. The monoisotopic (exact) mass is 401 g/mol. The van der Waals surface area contributed by atoms with Crippen LogP contribution in [0.3, 0.4) is 0 Å². The molecule has 0 saturated heterocycles. The largest absolute Gasteiger partial charge is 0.469 e. The standard InChI is InChI=1S/C23H23N5O2/c1-16-6-3-4-8-20(16)28-22(18-11-13-24-14-12-18)21(26-27-28)23(29)25-17(2)9-10-19-7-5-15-30-19/h3-8,11-15,17H,9-10H2,1-2H3,(H,25,29). The molecule has 0 aliphatic rings. The number of aromatic nitrogens is 4. The van der Waals surface area contributed by atoms with E-state index in [4.69, 9.17) is 4.42 Å². The normalized spacial score (nSPS) is 11.9. The number of nitrogens with one attached hydrogen (secondary N) is 1. The number of para-hydroxylation sites is 1. The summed E-state index contributed by atoms with van der Waals surface area (Å²) in [7, 11) is 0. The van der Waals surface area contributed by atoms with Gasteiger partial charge >= 0.3 is 0 Å². The Balaban J connectivity index is 1.63. The van der Waals surface area contributed by atoms with Crippen molar-refractivity contribution in [2.24, 2.45) is 0 Å². The Hall–Kier alpha value is -3.74. The Bertz CT molecular complexity index is 1120. The fourth-order valence-corrected chi connectivity index (χ4v) is 3.35. The van der Waals surface area contributed by atoms with Gasteiger partial charge in [-0.05, 0) is 56.2 Å². The lowest BCUT2D eigenvalue weighted by molar-refractivity contribution is 0.0933. The second-order valence-corrected chi connectivity index (χ2v) is 7.21. The van der Waals surface area contributed by atoms with Crippen molar-refractivity contribution in [3.63, 3.8) is 0 Å². The van der Waals surface area contributed by atoms with Crippen molar-refractivity contribution in [3.05, 3.63) is 84.2 Å². The predicted octanol–water partition coefficient (Wildman–Crippen LogP) is 3.98. The number of carbonyl (C=O) groups is 1. The molecule has 7 heteroatoms. The first kappa shape index (κ1) is 19.6. The number of rotatable bonds is 7. The summed E-state index contributed by atoms with van der Waals surface area (Å²) >= 11 is 0. The molecule has 3 heterocycles. The first-order chi connectivity index (χ1) is 14.6. The number of benzene rings is 1. The number of amides is 1. The summed E-state index contributed by atoms with van der Waals surface area (Å²) in [5, 5.41) is 11.6. The van der Waals surface area contributed by atoms with Crippen LogP contribution in [0, 0.1) is 6.92 Å². The zero-order valence-electron chi connectivity index (χ0n) is 16.9. The molecule has 1 N–H and O–H groups in total. The van der Waals surface area contributed by atoms with Crippen LogP contribution in [0.25, 0.3) is 16.9 Å². The van der Waals surface area contributed by atoms with E-state index in [1.54, 1.807) is 23.3 Å². The lowest BCUT2D eigenvalue weighted by atomic mass is 10.1. The minimum atomic E-state index is -0.256. The van der Waals surface area contributed by atoms with E-state index < -0.39 is 0 Å². The number of hydrogen-bond acceptors (Lipinski definition) is 5. The fourth-order valence-electron chi connectivity index (χ4n) is 3.35. The van der Waals surface area contributed by atoms with Crippen LogP contribution in [0.4, 0.5) is 0 Å². The molecule has 0 aliphatic carbocycles. The SMILES string of the molecule is Cc1ccccc1-n1nnc(C(=O)NC(C)CCc2ccco2)c1-c1ccncc1. The molecule has 0 spiro atoms. The molecule has 1 unspecified atom stereocenters. The molecule has 0 fully saturated rings. The van der Waals surface area contributed by atoms with Crippen molar-refractivity contribution in [3.8, 4) is 16.9 Å². The van der Waals surface area contributed by atoms with Gasteiger partial charge in [0, 0.05) is 30.4 Å². The summed E-state index contributed by atoms with van der Waals surface area (Å²) in [5.74, 6) is 0.646. The van der Waals surface area contributed by atoms with E-state index >= 15 is 0 Å². The second kappa shape index (κ2) is 8.73. The zero-order valence-corrected chi connectivity index (χ0v) is 16.9. The zero-order chi connectivity index (χ0) is 20.9. The summed E-state index contributed by atoms with van der Waals surface area (Å²) in [6.45, 7) is 3.97. The number of hydrogen-bond donors (Lipinski definition) is 1. The Morgan fingerprint density at radius 2 is 1.93 bits per heavy atom. The van der Waals surface area contributed by atoms with Crippen LogP contribution >= 0.6 is 0 Å². The van der Waals surface area contributed by atoms with E-state index in [1.165, 1.54) is 0 Å². The highest BCUT2D eigenvalue weighted by atomic mass is 16.3. The summed E-state index contributed by atoms with van der Waals surface area (Å²) in [5.41, 5.74) is 3.67. The Morgan fingerprint density at radius 1 is 1.13 bits per heavy atom. The molecule has 3 aromatic heterocycles. The maximum atomic E-state index is 13.1. The highest BCUT2D eigenvalue weighted by Crippen LogP contribution is 2.26. The third-order valence-corrected chi connectivity index (χ3v) is 4.96. The predicted molar refractivity (Wildman–Crippen MR) is 113 cm³/mol. The van der Waals surface area contributed by atoms with Crippen LogP contribution in [-0.2, 0) is 6.42 Å². The number of carbonyl (C=O) groups excluding carboxylic acids is 1. The molecule has 152 valence electrons. The Morgan fingerprint density at radius 3 is 2.67 bits per heavy atom. The molecule has 0 radical (unpaired) electrons. The van der Waals surface area contributed by atoms with Gasteiger partial charge in [-0.2, -0.15) is 0 Å². The minimum absolute atomic E-state index is 0.0449. The topological polar surface area (TPSA) is 85.8 Å². The lowest BCUT2D eigenvalue weighted by Crippen LogP contribution is -2.33. The van der Waals surface area contributed by atoms with Gasteiger partial charge in [0.05, 0.1) is 12.0 Å². The van der Waals surface area contributed by atoms with Gasteiger partial charge in [0.25, 0.3) is 5.91 Å². The summed E-state index contributed by atoms with van der Waals surface area (Å²) in [6, 6.07) is 15.3. The van der Waals surface area contributed by atoms with Crippen LogP contribution < -0.4 is 5.32 Å². The van der Waals surface area contributed by atoms with Gasteiger partial charge in [0.2, 0.25) is 0 Å². The number of nitrogens with zero attached hydrogens (tertiary/aromatic N) is 4. The van der Waals surface area contributed by atoms with Crippen molar-refractivity contribution in [1.29, 1.82) is 0 Å². The molecule has 7 nitrogen and oxygen atoms in total. The van der Waals surface area contributed by atoms with Gasteiger partial charge in [-0.15, -0.1) is 5.10 Å². The summed E-state index contributed by atoms with van der Waals surface area (Å²) < 4.78 is 7.09. The van der Waals surface area contributed by atoms with Crippen LogP contribution in [0.1, 0.15) is 35.2 Å². The molecule has 4 aromatic rings. The molecule has 0 saturated carbocycles. The van der Waals surface area contributed by atoms with E-state index in [1.807, 2.05) is 62.4 Å². The molecule has 30 heavy (non-hydrogen) atoms. The maximum absolute atomic E-state index is 13.1. The Labute approximate surface area is 174 Å². The number of pyridine rings is 1. The molecular formula is C23H23N5O2. The quantitative estimate of drug-likeness (QED) is 0.506. The summed E-state index contributed by atoms with van der Waals surface area (Å²) in [6.07, 6.45) is 6.55. The van der Waals surface area contributed by atoms with Crippen LogP contribution in [-0.4, -0.2) is 31.9 Å². The highest BCUT2D eigenvalue weighted by molar-refractivity contribution is 5.98. The molecule has 1 amide bonds. The van der Waals surface area contributed by atoms with Crippen LogP contribution in [0.2, 0.25) is 0 Å². The Kier molecular flexibility index (Phi) is 5.70. The third-order valence-electron chi connectivity index (χ3n) is 4.96. The van der Waals surface area contributed by atoms with Gasteiger partial charge in [0.15, 0.2) is 5.69 Å². The summed E-state index contributed by atoms with van der Waals surface area (Å²) in [4.78, 5) is 17.2. The average Bonchev–Trinajstić information content (AvgIpc) is 3.43. The maximum Gasteiger partial charge on any atom is 0.274 e. The van der Waals surface area contributed by atoms with Crippen molar-refractivity contribution in [2.45, 2.75) is 32.7 Å². The van der Waals surface area contributed by atoms with Gasteiger partial charge in [0.1, 0.15) is 11.5 Å². The molecular weight excluding hydrogens is 378 g/mol. The molecule has 1 atom stereocenters. The molecule has 1 aromatic carbocycles. The minimum Gasteiger partial charge on any atom is -0.469 e. The highest BCUT2D eigenvalue weighted by Gasteiger charge is 2.23. The van der Waals surface area contributed by atoms with Crippen molar-refractivity contribution < 1.29 is 9.21 Å². The molecule has 0 aliphatic heterocycles. The second-order valence-electron chi connectivity index (χ2n) is 7.21. The first-order valence-electron chi connectivity index (χ1n) is 9.89. The van der Waals surface area contributed by atoms with Gasteiger partial charge in [-0.3, -0.25) is 9.78 Å². The van der Waals surface area contributed by atoms with E-state index in [-0.39, 0.29) is 17.6 Å². The van der Waals surface area contributed by atoms with E-state index in [9.17, 15) is 4.79 Å². The van der Waals surface area contributed by atoms with Crippen molar-refractivity contribution in [1.82, 2.24) is 25.3 Å². The van der Waals surface area contributed by atoms with E-state index in [0.29, 0.717) is 5.69 Å². The molecule has 0 bridgehead atoms. The average molecular weight is 401 g/mol. The van der Waals surface area contributed by atoms with E-state index in [0.717, 1.165) is 35.4 Å². The van der Waals surface area contributed by atoms with Crippen LogP contribution in [0.15, 0.2) is 71.6 Å². The van der Waals surface area contributed by atoms with Gasteiger partial charge in [-0.25, -0.2) is 4.68 Å². The van der Waals surface area contributed by atoms with E-state index in [2.05, 4.69) is 20.6 Å². The van der Waals surface area contributed by atoms with Crippen molar-refractivity contribution in [2.75, 3.05) is 0 Å². The van der Waals surface area contributed by atoms with Crippen molar-refractivity contribution >= 4 is 5.91 Å². The smallest absolute Gasteiger partial charge is 0.274 e. The molecule has 4 rings (SSSR count). The first-order valence-corrected chi connectivity index (χ1v) is 9.89. The lowest BCUT2D eigenvalue weighted by Gasteiger charge is -2.14. The third kappa shape index (κ3) is 4.15. The fraction of sp³-hybridized carbons (Fsp3) is 0.217. The van der Waals surface area contributed by atoms with Gasteiger partial charge < -0.3 is 9.73 Å².